The molecule has 27 heavy (non-hydrogen) atoms. The lowest BCUT2D eigenvalue weighted by Crippen LogP contribution is -2.33. The molecule has 0 fully saturated rings. The highest BCUT2D eigenvalue weighted by atomic mass is 16.4. The van der Waals surface area contributed by atoms with Gasteiger partial charge in [-0.15, -0.1) is 0 Å². The summed E-state index contributed by atoms with van der Waals surface area (Å²) >= 11 is 0. The van der Waals surface area contributed by atoms with Crippen molar-refractivity contribution in [2.24, 2.45) is 0 Å². The standard InChI is InChI=1S/C25H26O2/c1-24(2)11-12-25(3,4)22-15-20-13-18(9-10-19(20)14-21(22)24)16-5-7-17(8-6-16)23(26)27/h5-10,13-15H,11-12H2,1-4H3,(H,26,27). The van der Waals surface area contributed by atoms with E-state index in [1.165, 1.54) is 34.7 Å². The van der Waals surface area contributed by atoms with Crippen LogP contribution < -0.4 is 0 Å². The van der Waals surface area contributed by atoms with Crippen molar-refractivity contribution >= 4 is 16.7 Å². The third-order valence-corrected chi connectivity index (χ3v) is 6.28. The molecule has 3 aromatic carbocycles. The first-order valence-corrected chi connectivity index (χ1v) is 9.60. The number of carboxylic acids is 1. The molecule has 0 radical (unpaired) electrons. The molecule has 0 saturated carbocycles. The van der Waals surface area contributed by atoms with E-state index in [-0.39, 0.29) is 10.8 Å². The van der Waals surface area contributed by atoms with Crippen LogP contribution in [0.3, 0.4) is 0 Å². The number of hydrogen-bond acceptors (Lipinski definition) is 1. The zero-order valence-electron chi connectivity index (χ0n) is 16.5. The van der Waals surface area contributed by atoms with Gasteiger partial charge in [0, 0.05) is 0 Å². The average molecular weight is 358 g/mol. The highest BCUT2D eigenvalue weighted by Gasteiger charge is 2.37. The van der Waals surface area contributed by atoms with Crippen molar-refractivity contribution in [3.05, 3.63) is 71.3 Å². The van der Waals surface area contributed by atoms with Gasteiger partial charge in [-0.25, -0.2) is 4.79 Å². The SMILES string of the molecule is CC1(C)CCC(C)(C)c2cc3cc(-c4ccc(C(=O)O)cc4)ccc3cc21. The van der Waals surface area contributed by atoms with Crippen LogP contribution in [0.4, 0.5) is 0 Å². The van der Waals surface area contributed by atoms with E-state index in [9.17, 15) is 4.79 Å². The Labute approximate surface area is 160 Å². The largest absolute Gasteiger partial charge is 0.478 e. The van der Waals surface area contributed by atoms with Crippen molar-refractivity contribution in [1.29, 1.82) is 0 Å². The lowest BCUT2D eigenvalue weighted by atomic mass is 9.63. The van der Waals surface area contributed by atoms with Crippen LogP contribution in [-0.2, 0) is 10.8 Å². The zero-order chi connectivity index (χ0) is 19.4. The van der Waals surface area contributed by atoms with E-state index in [1.807, 2.05) is 12.1 Å². The summed E-state index contributed by atoms with van der Waals surface area (Å²) in [4.78, 5) is 11.1. The van der Waals surface area contributed by atoms with Gasteiger partial charge in [0.15, 0.2) is 0 Å². The van der Waals surface area contributed by atoms with Crippen LogP contribution in [-0.4, -0.2) is 11.1 Å². The van der Waals surface area contributed by atoms with Gasteiger partial charge >= 0.3 is 5.97 Å². The minimum absolute atomic E-state index is 0.193. The van der Waals surface area contributed by atoms with Crippen molar-refractivity contribution in [1.82, 2.24) is 0 Å². The lowest BCUT2D eigenvalue weighted by Gasteiger charge is -2.42. The Morgan fingerprint density at radius 3 is 1.81 bits per heavy atom. The van der Waals surface area contributed by atoms with Crippen LogP contribution in [0.15, 0.2) is 54.6 Å². The van der Waals surface area contributed by atoms with Crippen molar-refractivity contribution in [2.45, 2.75) is 51.4 Å². The molecule has 0 unspecified atom stereocenters. The fourth-order valence-corrected chi connectivity index (χ4v) is 4.30. The Morgan fingerprint density at radius 1 is 0.741 bits per heavy atom. The highest BCUT2D eigenvalue weighted by molar-refractivity contribution is 5.91. The predicted octanol–water partition coefficient (Wildman–Crippen LogP) is 6.55. The minimum Gasteiger partial charge on any atom is -0.478 e. The van der Waals surface area contributed by atoms with Gasteiger partial charge in [-0.2, -0.15) is 0 Å². The number of carbonyl (C=O) groups is 1. The van der Waals surface area contributed by atoms with Gasteiger partial charge < -0.3 is 5.11 Å². The van der Waals surface area contributed by atoms with Crippen molar-refractivity contribution in [3.8, 4) is 11.1 Å². The second-order valence-corrected chi connectivity index (χ2v) is 9.11. The Kier molecular flexibility index (Phi) is 3.92. The van der Waals surface area contributed by atoms with E-state index in [4.69, 9.17) is 5.11 Å². The van der Waals surface area contributed by atoms with Gasteiger partial charge in [0.25, 0.3) is 0 Å². The molecule has 0 saturated heterocycles. The summed E-state index contributed by atoms with van der Waals surface area (Å²) in [6.07, 6.45) is 2.42. The Bertz CT molecular complexity index is 1040. The van der Waals surface area contributed by atoms with Crippen LogP contribution in [0, 0.1) is 0 Å². The molecule has 3 aromatic rings. The molecular formula is C25H26O2. The lowest BCUT2D eigenvalue weighted by molar-refractivity contribution is 0.0697. The van der Waals surface area contributed by atoms with E-state index in [0.29, 0.717) is 5.56 Å². The summed E-state index contributed by atoms with van der Waals surface area (Å²) in [5, 5.41) is 11.6. The van der Waals surface area contributed by atoms with Gasteiger partial charge in [0.2, 0.25) is 0 Å². The first-order valence-electron chi connectivity index (χ1n) is 9.60. The van der Waals surface area contributed by atoms with Gasteiger partial charge in [-0.05, 0) is 74.9 Å². The second-order valence-electron chi connectivity index (χ2n) is 9.11. The predicted molar refractivity (Wildman–Crippen MR) is 112 cm³/mol. The topological polar surface area (TPSA) is 37.3 Å². The zero-order valence-corrected chi connectivity index (χ0v) is 16.5. The quantitative estimate of drug-likeness (QED) is 0.563. The molecule has 0 amide bonds. The monoisotopic (exact) mass is 358 g/mol. The fraction of sp³-hybridized carbons (Fsp3) is 0.320. The third-order valence-electron chi connectivity index (χ3n) is 6.28. The maximum absolute atomic E-state index is 11.1. The number of hydrogen-bond donors (Lipinski definition) is 1. The molecular weight excluding hydrogens is 332 g/mol. The summed E-state index contributed by atoms with van der Waals surface area (Å²) < 4.78 is 0. The molecule has 0 aliphatic heterocycles. The second kappa shape index (κ2) is 5.95. The van der Waals surface area contributed by atoms with Crippen molar-refractivity contribution in [3.63, 3.8) is 0 Å². The van der Waals surface area contributed by atoms with E-state index in [0.717, 1.165) is 11.1 Å². The Hall–Kier alpha value is -2.61. The van der Waals surface area contributed by atoms with Crippen LogP contribution in [0.2, 0.25) is 0 Å². The smallest absolute Gasteiger partial charge is 0.335 e. The number of aromatic carboxylic acids is 1. The Morgan fingerprint density at radius 2 is 1.26 bits per heavy atom. The summed E-state index contributed by atoms with van der Waals surface area (Å²) in [5.41, 5.74) is 5.82. The first-order chi connectivity index (χ1) is 12.7. The minimum atomic E-state index is -0.892. The third kappa shape index (κ3) is 3.03. The summed E-state index contributed by atoms with van der Waals surface area (Å²) in [6.45, 7) is 9.40. The molecule has 2 nitrogen and oxygen atoms in total. The number of fused-ring (bicyclic) bond motifs is 2. The molecule has 0 heterocycles. The first kappa shape index (κ1) is 17.8. The van der Waals surface area contributed by atoms with Crippen LogP contribution >= 0.6 is 0 Å². The summed E-state index contributed by atoms with van der Waals surface area (Å²) in [6, 6.07) is 18.4. The fourth-order valence-electron chi connectivity index (χ4n) is 4.30. The van der Waals surface area contributed by atoms with Crippen molar-refractivity contribution < 1.29 is 9.90 Å². The molecule has 0 aromatic heterocycles. The molecule has 0 spiro atoms. The summed E-state index contributed by atoms with van der Waals surface area (Å²) in [5.74, 6) is -0.892. The molecule has 0 atom stereocenters. The normalized spacial score (nSPS) is 17.5. The molecule has 2 heteroatoms. The van der Waals surface area contributed by atoms with Crippen LogP contribution in [0.25, 0.3) is 21.9 Å². The molecule has 1 aliphatic carbocycles. The highest BCUT2D eigenvalue weighted by Crippen LogP contribution is 2.47. The number of rotatable bonds is 2. The molecule has 1 N–H and O–H groups in total. The maximum atomic E-state index is 11.1. The van der Waals surface area contributed by atoms with Crippen LogP contribution in [0.1, 0.15) is 62.0 Å². The average Bonchev–Trinajstić information content (AvgIpc) is 2.64. The number of carboxylic acid groups (broad SMARTS) is 1. The molecule has 0 bridgehead atoms. The maximum Gasteiger partial charge on any atom is 0.335 e. The Balaban J connectivity index is 1.85. The molecule has 1 aliphatic rings. The van der Waals surface area contributed by atoms with Gasteiger partial charge in [0.05, 0.1) is 5.56 Å². The molecule has 138 valence electrons. The van der Waals surface area contributed by atoms with E-state index < -0.39 is 5.97 Å². The van der Waals surface area contributed by atoms with E-state index >= 15 is 0 Å². The van der Waals surface area contributed by atoms with Crippen LogP contribution in [0.5, 0.6) is 0 Å². The van der Waals surface area contributed by atoms with Gasteiger partial charge in [-0.1, -0.05) is 64.1 Å². The molecule has 4 rings (SSSR count). The van der Waals surface area contributed by atoms with Gasteiger partial charge in [-0.3, -0.25) is 0 Å². The summed E-state index contributed by atoms with van der Waals surface area (Å²) in [7, 11) is 0. The van der Waals surface area contributed by atoms with Gasteiger partial charge in [0.1, 0.15) is 0 Å². The van der Waals surface area contributed by atoms with E-state index in [1.54, 1.807) is 12.1 Å². The van der Waals surface area contributed by atoms with E-state index in [2.05, 4.69) is 58.0 Å². The number of benzene rings is 3. The van der Waals surface area contributed by atoms with Crippen molar-refractivity contribution in [2.75, 3.05) is 0 Å².